The summed E-state index contributed by atoms with van der Waals surface area (Å²) in [6.45, 7) is 5.95. The molecule has 7 heteroatoms. The maximum Gasteiger partial charge on any atom is 0.240 e. The fraction of sp³-hybridized carbons (Fsp3) is 0.450. The Bertz CT molecular complexity index is 802. The standard InChI is InChI=1S/C20H28N4O2S/c1-23-14-16-24(17-15-23)13-3-2-10-22-27(25,26)20-6-4-18(5-7-20)19-8-11-21-12-9-19/h4-9,11-12,22H,2-3,10,13-17H2,1H3. The van der Waals surface area contributed by atoms with Crippen LogP contribution in [0.15, 0.2) is 53.7 Å². The number of sulfonamides is 1. The number of benzene rings is 1. The second-order valence-corrected chi connectivity index (χ2v) is 8.78. The predicted molar refractivity (Wildman–Crippen MR) is 108 cm³/mol. The van der Waals surface area contributed by atoms with Crippen molar-refractivity contribution in [3.63, 3.8) is 0 Å². The third-order valence-corrected chi connectivity index (χ3v) is 6.44. The monoisotopic (exact) mass is 388 g/mol. The van der Waals surface area contributed by atoms with Crippen molar-refractivity contribution < 1.29 is 8.42 Å². The first-order chi connectivity index (χ1) is 13.0. The van der Waals surface area contributed by atoms with Gasteiger partial charge in [-0.2, -0.15) is 0 Å². The Hall–Kier alpha value is -1.80. The number of pyridine rings is 1. The molecular formula is C20H28N4O2S. The molecule has 0 atom stereocenters. The smallest absolute Gasteiger partial charge is 0.240 e. The molecule has 1 N–H and O–H groups in total. The van der Waals surface area contributed by atoms with Crippen LogP contribution in [0.2, 0.25) is 0 Å². The number of unbranched alkanes of at least 4 members (excludes halogenated alkanes) is 1. The van der Waals surface area contributed by atoms with Gasteiger partial charge in [-0.15, -0.1) is 0 Å². The van der Waals surface area contributed by atoms with Crippen LogP contribution in [0.3, 0.4) is 0 Å². The van der Waals surface area contributed by atoms with E-state index in [9.17, 15) is 8.42 Å². The van der Waals surface area contributed by atoms with Gasteiger partial charge in [-0.25, -0.2) is 13.1 Å². The number of nitrogens with zero attached hydrogens (tertiary/aromatic N) is 3. The molecule has 1 aliphatic rings. The van der Waals surface area contributed by atoms with E-state index in [2.05, 4.69) is 26.6 Å². The molecule has 2 heterocycles. The summed E-state index contributed by atoms with van der Waals surface area (Å²) >= 11 is 0. The van der Waals surface area contributed by atoms with E-state index in [-0.39, 0.29) is 0 Å². The zero-order valence-corrected chi connectivity index (χ0v) is 16.7. The van der Waals surface area contributed by atoms with Crippen molar-refractivity contribution >= 4 is 10.0 Å². The first kappa shape index (κ1) is 19.9. The van der Waals surface area contributed by atoms with Gasteiger partial charge in [0.1, 0.15) is 0 Å². The van der Waals surface area contributed by atoms with Gasteiger partial charge in [0.25, 0.3) is 0 Å². The van der Waals surface area contributed by atoms with Gasteiger partial charge in [0, 0.05) is 45.1 Å². The van der Waals surface area contributed by atoms with Gasteiger partial charge in [0.05, 0.1) is 4.90 Å². The summed E-state index contributed by atoms with van der Waals surface area (Å²) in [4.78, 5) is 9.09. The van der Waals surface area contributed by atoms with Crippen LogP contribution in [0.1, 0.15) is 12.8 Å². The van der Waals surface area contributed by atoms with Crippen LogP contribution in [0, 0.1) is 0 Å². The average molecular weight is 389 g/mol. The highest BCUT2D eigenvalue weighted by molar-refractivity contribution is 7.89. The number of hydrogen-bond donors (Lipinski definition) is 1. The van der Waals surface area contributed by atoms with Crippen molar-refractivity contribution in [3.8, 4) is 11.1 Å². The lowest BCUT2D eigenvalue weighted by Gasteiger charge is -2.32. The van der Waals surface area contributed by atoms with Gasteiger partial charge >= 0.3 is 0 Å². The molecule has 3 rings (SSSR count). The summed E-state index contributed by atoms with van der Waals surface area (Å²) in [6.07, 6.45) is 5.31. The molecule has 1 aromatic carbocycles. The van der Waals surface area contributed by atoms with Crippen LogP contribution in [-0.4, -0.2) is 69.5 Å². The van der Waals surface area contributed by atoms with Gasteiger partial charge in [-0.05, 0) is 61.8 Å². The number of hydrogen-bond acceptors (Lipinski definition) is 5. The molecule has 2 aromatic rings. The van der Waals surface area contributed by atoms with E-state index < -0.39 is 10.0 Å². The Morgan fingerprint density at radius 2 is 1.56 bits per heavy atom. The number of nitrogens with one attached hydrogen (secondary N) is 1. The summed E-state index contributed by atoms with van der Waals surface area (Å²) in [7, 11) is -1.31. The van der Waals surface area contributed by atoms with Crippen molar-refractivity contribution in [1.82, 2.24) is 19.5 Å². The van der Waals surface area contributed by atoms with Crippen molar-refractivity contribution in [2.24, 2.45) is 0 Å². The maximum absolute atomic E-state index is 12.4. The molecule has 0 aliphatic carbocycles. The van der Waals surface area contributed by atoms with Crippen molar-refractivity contribution in [1.29, 1.82) is 0 Å². The lowest BCUT2D eigenvalue weighted by atomic mass is 10.1. The van der Waals surface area contributed by atoms with Crippen LogP contribution < -0.4 is 4.72 Å². The third-order valence-electron chi connectivity index (χ3n) is 4.97. The van der Waals surface area contributed by atoms with Gasteiger partial charge in [0.15, 0.2) is 0 Å². The van der Waals surface area contributed by atoms with E-state index in [0.717, 1.165) is 56.7 Å². The number of likely N-dealkylation sites (N-methyl/N-ethyl adjacent to an activating group) is 1. The Kier molecular flexibility index (Phi) is 6.95. The van der Waals surface area contributed by atoms with Crippen LogP contribution in [0.5, 0.6) is 0 Å². The molecule has 1 saturated heterocycles. The predicted octanol–water partition coefficient (Wildman–Crippen LogP) is 2.05. The molecule has 6 nitrogen and oxygen atoms in total. The van der Waals surface area contributed by atoms with Crippen molar-refractivity contribution in [2.75, 3.05) is 46.3 Å². The number of rotatable bonds is 8. The minimum Gasteiger partial charge on any atom is -0.304 e. The molecule has 0 saturated carbocycles. The van der Waals surface area contributed by atoms with Gasteiger partial charge in [-0.1, -0.05) is 12.1 Å². The minimum atomic E-state index is -3.45. The topological polar surface area (TPSA) is 65.5 Å². The van der Waals surface area contributed by atoms with Crippen LogP contribution >= 0.6 is 0 Å². The highest BCUT2D eigenvalue weighted by atomic mass is 32.2. The zero-order valence-electron chi connectivity index (χ0n) is 15.8. The van der Waals surface area contributed by atoms with E-state index in [4.69, 9.17) is 0 Å². The molecule has 0 spiro atoms. The van der Waals surface area contributed by atoms with Crippen LogP contribution in [0.4, 0.5) is 0 Å². The summed E-state index contributed by atoms with van der Waals surface area (Å²) in [5.74, 6) is 0. The molecule has 0 radical (unpaired) electrons. The lowest BCUT2D eigenvalue weighted by molar-refractivity contribution is 0.152. The second-order valence-electron chi connectivity index (χ2n) is 7.01. The molecule has 146 valence electrons. The van der Waals surface area contributed by atoms with E-state index in [1.807, 2.05) is 24.3 Å². The normalized spacial score (nSPS) is 16.5. The largest absolute Gasteiger partial charge is 0.304 e. The summed E-state index contributed by atoms with van der Waals surface area (Å²) in [5.41, 5.74) is 1.99. The number of aromatic nitrogens is 1. The molecule has 0 bridgehead atoms. The Morgan fingerprint density at radius 1 is 0.926 bits per heavy atom. The summed E-state index contributed by atoms with van der Waals surface area (Å²) < 4.78 is 27.6. The maximum atomic E-state index is 12.4. The minimum absolute atomic E-state index is 0.305. The van der Waals surface area contributed by atoms with Crippen LogP contribution in [-0.2, 0) is 10.0 Å². The second kappa shape index (κ2) is 9.41. The van der Waals surface area contributed by atoms with E-state index >= 15 is 0 Å². The summed E-state index contributed by atoms with van der Waals surface area (Å²) in [5, 5.41) is 0. The molecule has 0 unspecified atom stereocenters. The Balaban J connectivity index is 1.44. The highest BCUT2D eigenvalue weighted by Gasteiger charge is 2.15. The number of piperazine rings is 1. The van der Waals surface area contributed by atoms with Gasteiger partial charge < -0.3 is 9.80 Å². The van der Waals surface area contributed by atoms with E-state index in [0.29, 0.717) is 11.4 Å². The molecule has 1 aliphatic heterocycles. The Labute approximate surface area is 162 Å². The molecule has 1 aromatic heterocycles. The first-order valence-electron chi connectivity index (χ1n) is 9.46. The molecular weight excluding hydrogens is 360 g/mol. The fourth-order valence-electron chi connectivity index (χ4n) is 3.19. The SMILES string of the molecule is CN1CCN(CCCCNS(=O)(=O)c2ccc(-c3ccncc3)cc2)CC1. The quantitative estimate of drug-likeness (QED) is 0.701. The Morgan fingerprint density at radius 3 is 2.22 bits per heavy atom. The third kappa shape index (κ3) is 5.84. The average Bonchev–Trinajstić information content (AvgIpc) is 2.70. The van der Waals surface area contributed by atoms with Gasteiger partial charge in [-0.3, -0.25) is 4.98 Å². The zero-order chi connectivity index (χ0) is 19.1. The fourth-order valence-corrected chi connectivity index (χ4v) is 4.27. The molecule has 1 fully saturated rings. The lowest BCUT2D eigenvalue weighted by Crippen LogP contribution is -2.44. The molecule has 27 heavy (non-hydrogen) atoms. The van der Waals surface area contributed by atoms with E-state index in [1.54, 1.807) is 24.5 Å². The highest BCUT2D eigenvalue weighted by Crippen LogP contribution is 2.20. The van der Waals surface area contributed by atoms with E-state index in [1.165, 1.54) is 0 Å². The van der Waals surface area contributed by atoms with Gasteiger partial charge in [0.2, 0.25) is 10.0 Å². The van der Waals surface area contributed by atoms with Crippen molar-refractivity contribution in [2.45, 2.75) is 17.7 Å². The summed E-state index contributed by atoms with van der Waals surface area (Å²) in [6, 6.07) is 10.8. The van der Waals surface area contributed by atoms with Crippen molar-refractivity contribution in [3.05, 3.63) is 48.8 Å². The first-order valence-corrected chi connectivity index (χ1v) is 10.9. The molecule has 0 amide bonds. The van der Waals surface area contributed by atoms with Crippen LogP contribution in [0.25, 0.3) is 11.1 Å².